The summed E-state index contributed by atoms with van der Waals surface area (Å²) in [7, 11) is 0. The van der Waals surface area contributed by atoms with E-state index in [9.17, 15) is 4.79 Å². The number of carbonyl (C=O) groups excluding carboxylic acids is 1. The van der Waals surface area contributed by atoms with Crippen LogP contribution in [-0.4, -0.2) is 29.1 Å². The molecule has 136 valence electrons. The van der Waals surface area contributed by atoms with Gasteiger partial charge in [0.1, 0.15) is 0 Å². The number of hydrogen-bond donors (Lipinski definition) is 1. The number of nitrogens with zero attached hydrogens (tertiary/aromatic N) is 3. The molecular formula is C19H22N4O2S. The Balaban J connectivity index is 1.51. The lowest BCUT2D eigenvalue weighted by molar-refractivity contribution is -0.116. The number of carbonyl (C=O) groups is 1. The molecule has 26 heavy (non-hydrogen) atoms. The van der Waals surface area contributed by atoms with E-state index in [0.717, 1.165) is 30.0 Å². The van der Waals surface area contributed by atoms with E-state index in [0.29, 0.717) is 24.6 Å². The van der Waals surface area contributed by atoms with Crippen molar-refractivity contribution in [3.8, 4) is 11.4 Å². The molecule has 0 aliphatic carbocycles. The summed E-state index contributed by atoms with van der Waals surface area (Å²) in [4.78, 5) is 18.7. The van der Waals surface area contributed by atoms with E-state index in [1.165, 1.54) is 0 Å². The van der Waals surface area contributed by atoms with Crippen LogP contribution in [0.2, 0.25) is 0 Å². The SMILES string of the molecule is CCN(CC)c1ccc(NC(=O)CCc2nc(-c3ccsc3)no2)cc1. The van der Waals surface area contributed by atoms with Gasteiger partial charge in [-0.25, -0.2) is 0 Å². The summed E-state index contributed by atoms with van der Waals surface area (Å²) in [5.41, 5.74) is 2.87. The Labute approximate surface area is 156 Å². The molecule has 2 aromatic heterocycles. The molecule has 0 radical (unpaired) electrons. The van der Waals surface area contributed by atoms with Gasteiger partial charge in [-0.1, -0.05) is 5.16 Å². The minimum absolute atomic E-state index is 0.0733. The lowest BCUT2D eigenvalue weighted by atomic mass is 10.2. The number of nitrogens with one attached hydrogen (secondary N) is 1. The van der Waals surface area contributed by atoms with E-state index < -0.39 is 0 Å². The molecule has 2 heterocycles. The zero-order valence-electron chi connectivity index (χ0n) is 14.9. The number of rotatable bonds is 8. The van der Waals surface area contributed by atoms with Crippen LogP contribution >= 0.6 is 11.3 Å². The van der Waals surface area contributed by atoms with Gasteiger partial charge in [-0.05, 0) is 49.6 Å². The van der Waals surface area contributed by atoms with Crippen LogP contribution < -0.4 is 10.2 Å². The monoisotopic (exact) mass is 370 g/mol. The van der Waals surface area contributed by atoms with Crippen molar-refractivity contribution in [2.75, 3.05) is 23.3 Å². The highest BCUT2D eigenvalue weighted by Gasteiger charge is 2.11. The predicted octanol–water partition coefficient (Wildman–Crippen LogP) is 4.22. The Morgan fingerprint density at radius 2 is 1.96 bits per heavy atom. The van der Waals surface area contributed by atoms with Crippen molar-refractivity contribution in [1.82, 2.24) is 10.1 Å². The fourth-order valence-corrected chi connectivity index (χ4v) is 3.29. The van der Waals surface area contributed by atoms with Crippen LogP contribution in [0.5, 0.6) is 0 Å². The molecule has 6 nitrogen and oxygen atoms in total. The minimum Gasteiger partial charge on any atom is -0.372 e. The molecule has 0 saturated heterocycles. The first-order valence-corrected chi connectivity index (χ1v) is 9.64. The maximum absolute atomic E-state index is 12.1. The van der Waals surface area contributed by atoms with Crippen molar-refractivity contribution in [3.05, 3.63) is 47.0 Å². The second kappa shape index (κ2) is 8.62. The van der Waals surface area contributed by atoms with E-state index in [1.54, 1.807) is 11.3 Å². The van der Waals surface area contributed by atoms with Crippen molar-refractivity contribution < 1.29 is 9.32 Å². The normalized spacial score (nSPS) is 10.7. The third-order valence-electron chi connectivity index (χ3n) is 4.09. The topological polar surface area (TPSA) is 71.3 Å². The van der Waals surface area contributed by atoms with E-state index in [1.807, 2.05) is 41.1 Å². The van der Waals surface area contributed by atoms with Crippen LogP contribution in [0.15, 0.2) is 45.6 Å². The summed E-state index contributed by atoms with van der Waals surface area (Å²) < 4.78 is 5.21. The molecular weight excluding hydrogens is 348 g/mol. The van der Waals surface area contributed by atoms with Gasteiger partial charge in [0.2, 0.25) is 17.6 Å². The number of aromatic nitrogens is 2. The van der Waals surface area contributed by atoms with Gasteiger partial charge in [-0.2, -0.15) is 16.3 Å². The lowest BCUT2D eigenvalue weighted by Crippen LogP contribution is -2.21. The second-order valence-electron chi connectivity index (χ2n) is 5.79. The van der Waals surface area contributed by atoms with Crippen molar-refractivity contribution in [3.63, 3.8) is 0 Å². The number of thiophene rings is 1. The van der Waals surface area contributed by atoms with Gasteiger partial charge >= 0.3 is 0 Å². The van der Waals surface area contributed by atoms with Gasteiger partial charge < -0.3 is 14.7 Å². The summed E-state index contributed by atoms with van der Waals surface area (Å²) in [6.07, 6.45) is 0.712. The summed E-state index contributed by atoms with van der Waals surface area (Å²) in [6, 6.07) is 9.83. The second-order valence-corrected chi connectivity index (χ2v) is 6.57. The molecule has 0 saturated carbocycles. The van der Waals surface area contributed by atoms with Crippen molar-refractivity contribution >= 4 is 28.6 Å². The largest absolute Gasteiger partial charge is 0.372 e. The molecule has 0 aliphatic heterocycles. The molecule has 1 aromatic carbocycles. The molecule has 3 aromatic rings. The zero-order valence-corrected chi connectivity index (χ0v) is 15.8. The highest BCUT2D eigenvalue weighted by Crippen LogP contribution is 2.20. The van der Waals surface area contributed by atoms with Crippen LogP contribution in [0.1, 0.15) is 26.2 Å². The highest BCUT2D eigenvalue weighted by molar-refractivity contribution is 7.08. The van der Waals surface area contributed by atoms with Crippen LogP contribution in [0.3, 0.4) is 0 Å². The first-order chi connectivity index (χ1) is 12.7. The number of anilines is 2. The third-order valence-corrected chi connectivity index (χ3v) is 4.78. The Bertz CT molecular complexity index is 824. The molecule has 3 rings (SSSR count). The summed E-state index contributed by atoms with van der Waals surface area (Å²) >= 11 is 1.58. The van der Waals surface area contributed by atoms with E-state index in [-0.39, 0.29) is 5.91 Å². The van der Waals surface area contributed by atoms with Crippen LogP contribution in [-0.2, 0) is 11.2 Å². The van der Waals surface area contributed by atoms with Gasteiger partial charge in [-0.15, -0.1) is 0 Å². The molecule has 7 heteroatoms. The smallest absolute Gasteiger partial charge is 0.227 e. The first-order valence-electron chi connectivity index (χ1n) is 8.69. The molecule has 1 amide bonds. The van der Waals surface area contributed by atoms with Crippen LogP contribution in [0, 0.1) is 0 Å². The first kappa shape index (κ1) is 18.1. The quantitative estimate of drug-likeness (QED) is 0.643. The molecule has 0 spiro atoms. The summed E-state index contributed by atoms with van der Waals surface area (Å²) in [5.74, 6) is 0.961. The van der Waals surface area contributed by atoms with E-state index >= 15 is 0 Å². The Morgan fingerprint density at radius 1 is 1.19 bits per heavy atom. The molecule has 0 bridgehead atoms. The fourth-order valence-electron chi connectivity index (χ4n) is 2.65. The Morgan fingerprint density at radius 3 is 2.62 bits per heavy atom. The third kappa shape index (κ3) is 4.49. The molecule has 0 fully saturated rings. The molecule has 0 unspecified atom stereocenters. The van der Waals surface area contributed by atoms with Gasteiger partial charge in [-0.3, -0.25) is 4.79 Å². The van der Waals surface area contributed by atoms with Gasteiger partial charge in [0.15, 0.2) is 0 Å². The van der Waals surface area contributed by atoms with Gasteiger partial charge in [0, 0.05) is 48.2 Å². The number of aryl methyl sites for hydroxylation is 1. The lowest BCUT2D eigenvalue weighted by Gasteiger charge is -2.21. The van der Waals surface area contributed by atoms with E-state index in [4.69, 9.17) is 4.52 Å². The Kier molecular flexibility index (Phi) is 6.01. The number of hydrogen-bond acceptors (Lipinski definition) is 6. The van der Waals surface area contributed by atoms with Gasteiger partial charge in [0.25, 0.3) is 0 Å². The molecule has 1 N–H and O–H groups in total. The molecule has 0 aliphatic rings. The fraction of sp³-hybridized carbons (Fsp3) is 0.316. The van der Waals surface area contributed by atoms with Crippen molar-refractivity contribution in [2.45, 2.75) is 26.7 Å². The number of amides is 1. The average molecular weight is 370 g/mol. The standard InChI is InChI=1S/C19H22N4O2S/c1-3-23(4-2)16-7-5-15(6-8-16)20-17(24)9-10-18-21-19(22-25-18)14-11-12-26-13-14/h5-8,11-13H,3-4,9-10H2,1-2H3,(H,20,24). The summed E-state index contributed by atoms with van der Waals surface area (Å²) in [6.45, 7) is 6.17. The van der Waals surface area contributed by atoms with Crippen molar-refractivity contribution in [1.29, 1.82) is 0 Å². The molecule has 0 atom stereocenters. The predicted molar refractivity (Wildman–Crippen MR) is 105 cm³/mol. The average Bonchev–Trinajstić information content (AvgIpc) is 3.34. The zero-order chi connectivity index (χ0) is 18.4. The summed E-state index contributed by atoms with van der Waals surface area (Å²) in [5, 5.41) is 10.8. The minimum atomic E-state index is -0.0733. The Hall–Kier alpha value is -2.67. The van der Waals surface area contributed by atoms with Crippen LogP contribution in [0.4, 0.5) is 11.4 Å². The highest BCUT2D eigenvalue weighted by atomic mass is 32.1. The maximum atomic E-state index is 12.1. The van der Waals surface area contributed by atoms with Crippen molar-refractivity contribution in [2.24, 2.45) is 0 Å². The van der Waals surface area contributed by atoms with Gasteiger partial charge in [0.05, 0.1) is 0 Å². The van der Waals surface area contributed by atoms with E-state index in [2.05, 4.69) is 34.2 Å². The van der Waals surface area contributed by atoms with Crippen LogP contribution in [0.25, 0.3) is 11.4 Å². The maximum Gasteiger partial charge on any atom is 0.227 e. The number of benzene rings is 1.